The molecular formula is C25H21Cl2N3O5S. The van der Waals surface area contributed by atoms with Crippen LogP contribution >= 0.6 is 35.0 Å². The molecule has 0 radical (unpaired) electrons. The Balaban J connectivity index is 1.32. The molecule has 0 aromatic heterocycles. The summed E-state index contributed by atoms with van der Waals surface area (Å²) in [5.41, 5.74) is 5.21. The van der Waals surface area contributed by atoms with E-state index < -0.39 is 24.4 Å². The fourth-order valence-corrected chi connectivity index (χ4v) is 3.81. The number of carbonyl (C=O) groups excluding carboxylic acids is 4. The van der Waals surface area contributed by atoms with E-state index >= 15 is 0 Å². The highest BCUT2D eigenvalue weighted by Gasteiger charge is 2.12. The van der Waals surface area contributed by atoms with E-state index in [1.165, 1.54) is 24.3 Å². The van der Waals surface area contributed by atoms with Crippen molar-refractivity contribution in [1.29, 1.82) is 0 Å². The van der Waals surface area contributed by atoms with Gasteiger partial charge in [0.25, 0.3) is 11.8 Å². The van der Waals surface area contributed by atoms with E-state index in [1.54, 1.807) is 23.9 Å². The Morgan fingerprint density at radius 2 is 1.25 bits per heavy atom. The Kier molecular flexibility index (Phi) is 10.2. The van der Waals surface area contributed by atoms with Crippen LogP contribution in [0.25, 0.3) is 0 Å². The molecule has 0 aliphatic rings. The fourth-order valence-electron chi connectivity index (χ4n) is 2.74. The summed E-state index contributed by atoms with van der Waals surface area (Å²) in [6, 6.07) is 20.8. The minimum absolute atomic E-state index is 0.116. The van der Waals surface area contributed by atoms with E-state index in [2.05, 4.69) is 16.2 Å². The second-order valence-corrected chi connectivity index (χ2v) is 9.32. The normalized spacial score (nSPS) is 10.3. The van der Waals surface area contributed by atoms with Crippen LogP contribution in [0.1, 0.15) is 23.2 Å². The second kappa shape index (κ2) is 13.5. The molecule has 0 fully saturated rings. The predicted molar refractivity (Wildman–Crippen MR) is 138 cm³/mol. The van der Waals surface area contributed by atoms with Gasteiger partial charge in [-0.3, -0.25) is 30.0 Å². The summed E-state index contributed by atoms with van der Waals surface area (Å²) < 4.78 is 4.83. The predicted octanol–water partition coefficient (Wildman–Crippen LogP) is 4.87. The van der Waals surface area contributed by atoms with Crippen LogP contribution in [0.3, 0.4) is 0 Å². The Labute approximate surface area is 221 Å². The molecule has 0 aliphatic carbocycles. The molecule has 3 aromatic carbocycles. The lowest BCUT2D eigenvalue weighted by Gasteiger charge is -2.09. The first kappa shape index (κ1) is 27.1. The smallest absolute Gasteiger partial charge is 0.306 e. The van der Waals surface area contributed by atoms with Crippen LogP contribution in [0.2, 0.25) is 10.0 Å². The number of amides is 3. The van der Waals surface area contributed by atoms with E-state index in [0.717, 1.165) is 9.79 Å². The van der Waals surface area contributed by atoms with Gasteiger partial charge in [-0.1, -0.05) is 35.0 Å². The number of rotatable bonds is 9. The summed E-state index contributed by atoms with van der Waals surface area (Å²) in [6.07, 6.45) is -0.324. The van der Waals surface area contributed by atoms with Gasteiger partial charge in [-0.2, -0.15) is 0 Å². The third-order valence-electron chi connectivity index (χ3n) is 4.53. The molecule has 0 unspecified atom stereocenters. The third kappa shape index (κ3) is 9.26. The van der Waals surface area contributed by atoms with E-state index in [1.807, 2.05) is 36.4 Å². The van der Waals surface area contributed by atoms with E-state index in [4.69, 9.17) is 27.9 Å². The maximum Gasteiger partial charge on any atom is 0.306 e. The molecule has 8 nitrogen and oxygen atoms in total. The van der Waals surface area contributed by atoms with Crippen molar-refractivity contribution in [1.82, 2.24) is 10.9 Å². The van der Waals surface area contributed by atoms with E-state index in [0.29, 0.717) is 15.7 Å². The molecular weight excluding hydrogens is 525 g/mol. The lowest BCUT2D eigenvalue weighted by molar-refractivity contribution is -0.149. The fraction of sp³-hybridized carbons (Fsp3) is 0.120. The standard InChI is InChI=1S/C25H21Cl2N3O5S/c26-17-3-1-16(2-4-17)25(34)30-29-23(32)15-35-24(33)14-13-22(31)28-19-7-11-21(12-8-19)36-20-9-5-18(27)6-10-20/h1-12H,13-15H2,(H,28,31)(H,29,32)(H,30,34). The van der Waals surface area contributed by atoms with Gasteiger partial charge in [0, 0.05) is 37.5 Å². The zero-order valence-electron chi connectivity index (χ0n) is 18.8. The lowest BCUT2D eigenvalue weighted by atomic mass is 10.2. The van der Waals surface area contributed by atoms with Gasteiger partial charge >= 0.3 is 5.97 Å². The largest absolute Gasteiger partial charge is 0.455 e. The molecule has 0 spiro atoms. The van der Waals surface area contributed by atoms with Gasteiger partial charge in [0.2, 0.25) is 5.91 Å². The number of ether oxygens (including phenoxy) is 1. The van der Waals surface area contributed by atoms with Crippen LogP contribution in [0.15, 0.2) is 82.6 Å². The SMILES string of the molecule is O=C(COC(=O)CCC(=O)Nc1ccc(Sc2ccc(Cl)cc2)cc1)NNC(=O)c1ccc(Cl)cc1. The molecule has 3 amide bonds. The molecule has 0 aliphatic heterocycles. The van der Waals surface area contributed by atoms with Gasteiger partial charge in [0.1, 0.15) is 0 Å². The van der Waals surface area contributed by atoms with Crippen molar-refractivity contribution in [2.75, 3.05) is 11.9 Å². The lowest BCUT2D eigenvalue weighted by Crippen LogP contribution is -2.43. The van der Waals surface area contributed by atoms with Crippen molar-refractivity contribution < 1.29 is 23.9 Å². The highest BCUT2D eigenvalue weighted by Crippen LogP contribution is 2.29. The van der Waals surface area contributed by atoms with Gasteiger partial charge in [0.15, 0.2) is 6.61 Å². The van der Waals surface area contributed by atoms with Crippen molar-refractivity contribution >= 4 is 64.3 Å². The molecule has 0 saturated heterocycles. The Bertz CT molecular complexity index is 1220. The molecule has 0 saturated carbocycles. The third-order valence-corrected chi connectivity index (χ3v) is 6.05. The summed E-state index contributed by atoms with van der Waals surface area (Å²) >= 11 is 13.2. The Hall–Kier alpha value is -3.53. The molecule has 186 valence electrons. The van der Waals surface area contributed by atoms with Crippen LogP contribution < -0.4 is 16.2 Å². The molecule has 0 heterocycles. The number of esters is 1. The number of anilines is 1. The first-order valence-corrected chi connectivity index (χ1v) is 12.2. The first-order chi connectivity index (χ1) is 17.3. The van der Waals surface area contributed by atoms with Crippen molar-refractivity contribution in [2.24, 2.45) is 0 Å². The van der Waals surface area contributed by atoms with Gasteiger partial charge in [-0.15, -0.1) is 0 Å². The van der Waals surface area contributed by atoms with Gasteiger partial charge in [-0.25, -0.2) is 0 Å². The van der Waals surface area contributed by atoms with Crippen molar-refractivity contribution in [3.05, 3.63) is 88.4 Å². The molecule has 11 heteroatoms. The van der Waals surface area contributed by atoms with Gasteiger partial charge < -0.3 is 10.1 Å². The summed E-state index contributed by atoms with van der Waals surface area (Å²) in [6.45, 7) is -0.603. The highest BCUT2D eigenvalue weighted by molar-refractivity contribution is 7.99. The average molecular weight is 546 g/mol. The summed E-state index contributed by atoms with van der Waals surface area (Å²) in [4.78, 5) is 49.7. The summed E-state index contributed by atoms with van der Waals surface area (Å²) in [7, 11) is 0. The summed E-state index contributed by atoms with van der Waals surface area (Å²) in [5.74, 6) is -2.38. The number of halogens is 2. The number of hydrogen-bond acceptors (Lipinski definition) is 6. The first-order valence-electron chi connectivity index (χ1n) is 10.6. The van der Waals surface area contributed by atoms with Crippen LogP contribution in [0.5, 0.6) is 0 Å². The van der Waals surface area contributed by atoms with Crippen LogP contribution in [-0.4, -0.2) is 30.3 Å². The highest BCUT2D eigenvalue weighted by atomic mass is 35.5. The molecule has 0 atom stereocenters. The average Bonchev–Trinajstić information content (AvgIpc) is 2.87. The number of benzene rings is 3. The molecule has 0 bridgehead atoms. The zero-order chi connectivity index (χ0) is 25.9. The molecule has 36 heavy (non-hydrogen) atoms. The monoisotopic (exact) mass is 545 g/mol. The maximum atomic E-state index is 12.1. The number of carbonyl (C=O) groups is 4. The maximum absolute atomic E-state index is 12.1. The topological polar surface area (TPSA) is 114 Å². The number of nitrogens with one attached hydrogen (secondary N) is 3. The van der Waals surface area contributed by atoms with Gasteiger partial charge in [0.05, 0.1) is 6.42 Å². The van der Waals surface area contributed by atoms with Gasteiger partial charge in [-0.05, 0) is 72.8 Å². The quantitative estimate of drug-likeness (QED) is 0.261. The van der Waals surface area contributed by atoms with Crippen LogP contribution in [0, 0.1) is 0 Å². The van der Waals surface area contributed by atoms with Crippen LogP contribution in [-0.2, 0) is 19.1 Å². The second-order valence-electron chi connectivity index (χ2n) is 7.30. The minimum atomic E-state index is -0.730. The van der Waals surface area contributed by atoms with Crippen molar-refractivity contribution in [3.63, 3.8) is 0 Å². The van der Waals surface area contributed by atoms with Crippen molar-refractivity contribution in [2.45, 2.75) is 22.6 Å². The van der Waals surface area contributed by atoms with E-state index in [-0.39, 0.29) is 24.3 Å². The van der Waals surface area contributed by atoms with Crippen LogP contribution in [0.4, 0.5) is 5.69 Å². The number of hydrogen-bond donors (Lipinski definition) is 3. The number of hydrazine groups is 1. The molecule has 3 N–H and O–H groups in total. The molecule has 3 aromatic rings. The van der Waals surface area contributed by atoms with E-state index in [9.17, 15) is 19.2 Å². The zero-order valence-corrected chi connectivity index (χ0v) is 21.1. The summed E-state index contributed by atoms with van der Waals surface area (Å²) in [5, 5.41) is 3.84. The Morgan fingerprint density at radius 1 is 0.694 bits per heavy atom. The van der Waals surface area contributed by atoms with Crippen molar-refractivity contribution in [3.8, 4) is 0 Å². The Morgan fingerprint density at radius 3 is 1.86 bits per heavy atom. The minimum Gasteiger partial charge on any atom is -0.455 e. The molecule has 3 rings (SSSR count).